The number of carbonyl (C=O) groups is 1. The molecule has 0 saturated carbocycles. The maximum atomic E-state index is 12.3. The molecule has 1 amide bonds. The first-order valence-electron chi connectivity index (χ1n) is 7.32. The molecular weight excluding hydrogens is 289 g/mol. The van der Waals surface area contributed by atoms with Gasteiger partial charge in [-0.1, -0.05) is 18.2 Å². The summed E-state index contributed by atoms with van der Waals surface area (Å²) in [6, 6.07) is 16.5. The number of hydrogen-bond donors (Lipinski definition) is 3. The van der Waals surface area contributed by atoms with Crippen molar-refractivity contribution in [3.05, 3.63) is 66.4 Å². The molecule has 0 atom stereocenters. The number of carbonyl (C=O) groups excluding carboxylic acids is 1. The van der Waals surface area contributed by atoms with Crippen molar-refractivity contribution in [3.8, 4) is 0 Å². The summed E-state index contributed by atoms with van der Waals surface area (Å²) in [7, 11) is -0.640. The van der Waals surface area contributed by atoms with Gasteiger partial charge in [-0.15, -0.1) is 0 Å². The Labute approximate surface area is 134 Å². The number of para-hydroxylation sites is 1. The van der Waals surface area contributed by atoms with Gasteiger partial charge in [-0.3, -0.25) is 9.78 Å². The van der Waals surface area contributed by atoms with Crippen LogP contribution in [0, 0.1) is 0 Å². The minimum Gasteiger partial charge on any atom is -0.433 e. The Morgan fingerprint density at radius 1 is 1.09 bits per heavy atom. The van der Waals surface area contributed by atoms with Crippen molar-refractivity contribution >= 4 is 35.2 Å². The van der Waals surface area contributed by atoms with E-state index in [4.69, 9.17) is 0 Å². The number of nitrogens with one attached hydrogen (secondary N) is 2. The Kier molecular flexibility index (Phi) is 4.25. The highest BCUT2D eigenvalue weighted by atomic mass is 16.2. The quantitative estimate of drug-likeness (QED) is 0.648. The second-order valence-electron chi connectivity index (χ2n) is 5.27. The maximum absolute atomic E-state index is 12.3. The number of hydrogen-bond acceptors (Lipinski definition) is 4. The number of rotatable bonds is 4. The summed E-state index contributed by atoms with van der Waals surface area (Å²) in [5, 5.41) is 15.9. The normalized spacial score (nSPS) is 10.3. The number of aromatic nitrogens is 1. The third-order valence-corrected chi connectivity index (χ3v) is 3.37. The van der Waals surface area contributed by atoms with Crippen LogP contribution in [-0.4, -0.2) is 23.0 Å². The van der Waals surface area contributed by atoms with Gasteiger partial charge in [0.2, 0.25) is 0 Å². The van der Waals surface area contributed by atoms with E-state index in [-0.39, 0.29) is 5.91 Å². The summed E-state index contributed by atoms with van der Waals surface area (Å²) in [5.74, 6) is -0.203. The third-order valence-electron chi connectivity index (χ3n) is 3.37. The van der Waals surface area contributed by atoms with Gasteiger partial charge in [-0.2, -0.15) is 0 Å². The monoisotopic (exact) mass is 305 g/mol. The van der Waals surface area contributed by atoms with Crippen molar-refractivity contribution in [1.82, 2.24) is 4.98 Å². The van der Waals surface area contributed by atoms with Crippen LogP contribution in [0.1, 0.15) is 10.4 Å². The molecule has 0 unspecified atom stereocenters. The lowest BCUT2D eigenvalue weighted by molar-refractivity contribution is 0.102. The molecule has 2 aromatic carbocycles. The predicted octanol–water partition coefficient (Wildman–Crippen LogP) is 3.01. The minimum atomic E-state index is -0.640. The molecular formula is C17H16BN3O2. The first kappa shape index (κ1) is 15.1. The van der Waals surface area contributed by atoms with E-state index < -0.39 is 7.05 Å². The Bertz CT molecular complexity index is 835. The molecule has 3 N–H and O–H groups in total. The average Bonchev–Trinajstić information content (AvgIpc) is 2.55. The predicted molar refractivity (Wildman–Crippen MR) is 93.6 cm³/mol. The van der Waals surface area contributed by atoms with E-state index >= 15 is 0 Å². The maximum Gasteiger partial charge on any atom is 0.406 e. The van der Waals surface area contributed by atoms with E-state index in [0.29, 0.717) is 11.3 Å². The molecule has 114 valence electrons. The molecule has 0 radical (unpaired) electrons. The molecule has 0 aliphatic carbocycles. The number of amides is 1. The summed E-state index contributed by atoms with van der Waals surface area (Å²) >= 11 is 0. The molecule has 0 aliphatic rings. The van der Waals surface area contributed by atoms with Gasteiger partial charge in [-0.25, -0.2) is 0 Å². The van der Waals surface area contributed by atoms with E-state index in [1.54, 1.807) is 37.3 Å². The molecule has 1 heterocycles. The summed E-state index contributed by atoms with van der Waals surface area (Å²) in [5.41, 5.74) is 2.83. The van der Waals surface area contributed by atoms with E-state index in [1.165, 1.54) is 0 Å². The summed E-state index contributed by atoms with van der Waals surface area (Å²) in [6.45, 7) is 1.63. The van der Waals surface area contributed by atoms with Crippen molar-refractivity contribution in [2.75, 3.05) is 10.5 Å². The van der Waals surface area contributed by atoms with Gasteiger partial charge in [0.25, 0.3) is 5.91 Å². The van der Waals surface area contributed by atoms with E-state index in [1.807, 2.05) is 30.3 Å². The fourth-order valence-electron chi connectivity index (χ4n) is 2.30. The second-order valence-corrected chi connectivity index (χ2v) is 5.27. The highest BCUT2D eigenvalue weighted by Gasteiger charge is 2.08. The number of nitrogens with zero attached hydrogens (tertiary/aromatic N) is 1. The Morgan fingerprint density at radius 3 is 2.57 bits per heavy atom. The lowest BCUT2D eigenvalue weighted by atomic mass is 9.88. The van der Waals surface area contributed by atoms with Crippen LogP contribution in [0.5, 0.6) is 0 Å². The smallest absolute Gasteiger partial charge is 0.406 e. The highest BCUT2D eigenvalue weighted by Crippen LogP contribution is 2.17. The van der Waals surface area contributed by atoms with E-state index in [9.17, 15) is 9.82 Å². The highest BCUT2D eigenvalue weighted by molar-refractivity contribution is 6.52. The molecule has 0 spiro atoms. The van der Waals surface area contributed by atoms with Crippen LogP contribution < -0.4 is 10.5 Å². The van der Waals surface area contributed by atoms with Gasteiger partial charge < -0.3 is 15.6 Å². The van der Waals surface area contributed by atoms with Gasteiger partial charge in [-0.05, 0) is 43.2 Å². The van der Waals surface area contributed by atoms with Crippen LogP contribution in [0.25, 0.3) is 10.9 Å². The van der Waals surface area contributed by atoms with Crippen LogP contribution in [-0.2, 0) is 0 Å². The first-order chi connectivity index (χ1) is 11.1. The first-order valence-corrected chi connectivity index (χ1v) is 7.32. The number of benzene rings is 2. The zero-order valence-electron chi connectivity index (χ0n) is 12.7. The summed E-state index contributed by atoms with van der Waals surface area (Å²) in [4.78, 5) is 16.6. The van der Waals surface area contributed by atoms with Crippen molar-refractivity contribution in [2.45, 2.75) is 6.82 Å². The average molecular weight is 305 g/mol. The van der Waals surface area contributed by atoms with Crippen LogP contribution in [0.4, 0.5) is 11.4 Å². The van der Waals surface area contributed by atoms with E-state index in [0.717, 1.165) is 16.6 Å². The molecule has 1 aromatic heterocycles. The minimum absolute atomic E-state index is 0.203. The molecule has 6 heteroatoms. The molecule has 0 aliphatic heterocycles. The fraction of sp³-hybridized carbons (Fsp3) is 0.0588. The number of fused-ring (bicyclic) bond motifs is 1. The zero-order valence-corrected chi connectivity index (χ0v) is 12.7. The third kappa shape index (κ3) is 3.67. The SMILES string of the molecule is CB(O)Nc1ccc(C(=O)Nc2cnc3ccccc3c2)cc1. The molecule has 0 bridgehead atoms. The van der Waals surface area contributed by atoms with Crippen LogP contribution in [0.15, 0.2) is 60.8 Å². The molecule has 0 fully saturated rings. The Hall–Kier alpha value is -2.86. The molecule has 3 rings (SSSR count). The van der Waals surface area contributed by atoms with Crippen molar-refractivity contribution < 1.29 is 9.82 Å². The van der Waals surface area contributed by atoms with Crippen LogP contribution in [0.3, 0.4) is 0 Å². The van der Waals surface area contributed by atoms with Crippen LogP contribution >= 0.6 is 0 Å². The Morgan fingerprint density at radius 2 is 1.83 bits per heavy atom. The second kappa shape index (κ2) is 6.50. The van der Waals surface area contributed by atoms with Gasteiger partial charge in [0.05, 0.1) is 17.4 Å². The molecule has 5 nitrogen and oxygen atoms in total. The lowest BCUT2D eigenvalue weighted by Crippen LogP contribution is -2.19. The Balaban J connectivity index is 1.74. The fourth-order valence-corrected chi connectivity index (χ4v) is 2.30. The number of pyridine rings is 1. The molecule has 0 saturated heterocycles. The summed E-state index contributed by atoms with van der Waals surface area (Å²) < 4.78 is 0. The van der Waals surface area contributed by atoms with Gasteiger partial charge in [0, 0.05) is 16.6 Å². The van der Waals surface area contributed by atoms with Crippen molar-refractivity contribution in [2.24, 2.45) is 0 Å². The van der Waals surface area contributed by atoms with Gasteiger partial charge >= 0.3 is 7.05 Å². The van der Waals surface area contributed by atoms with Gasteiger partial charge in [0.15, 0.2) is 0 Å². The lowest BCUT2D eigenvalue weighted by Gasteiger charge is -2.08. The van der Waals surface area contributed by atoms with Gasteiger partial charge in [0.1, 0.15) is 0 Å². The van der Waals surface area contributed by atoms with E-state index in [2.05, 4.69) is 15.5 Å². The van der Waals surface area contributed by atoms with Crippen molar-refractivity contribution in [1.29, 1.82) is 0 Å². The standard InChI is InChI=1S/C17H16BN3O2/c1-18(23)21-14-8-6-12(7-9-14)17(22)20-15-10-13-4-2-3-5-16(13)19-11-15/h2-11,21,23H,1H3,(H,20,22). The largest absolute Gasteiger partial charge is 0.433 e. The zero-order chi connectivity index (χ0) is 16.2. The topological polar surface area (TPSA) is 74.2 Å². The molecule has 3 aromatic rings. The van der Waals surface area contributed by atoms with Crippen LogP contribution in [0.2, 0.25) is 6.82 Å². The summed E-state index contributed by atoms with van der Waals surface area (Å²) in [6.07, 6.45) is 1.64. The number of anilines is 2. The van der Waals surface area contributed by atoms with Crippen molar-refractivity contribution in [3.63, 3.8) is 0 Å². The molecule has 23 heavy (non-hydrogen) atoms.